The van der Waals surface area contributed by atoms with Crippen LogP contribution in [0.2, 0.25) is 0 Å². The second-order valence-electron chi connectivity index (χ2n) is 3.65. The zero-order chi connectivity index (χ0) is 11.8. The number of hydrogen-bond donors (Lipinski definition) is 2. The van der Waals surface area contributed by atoms with Gasteiger partial charge in [-0.1, -0.05) is 13.8 Å². The molecule has 0 heterocycles. The van der Waals surface area contributed by atoms with E-state index in [9.17, 15) is 13.2 Å². The van der Waals surface area contributed by atoms with Crippen molar-refractivity contribution in [1.29, 1.82) is 0 Å². The van der Waals surface area contributed by atoms with Gasteiger partial charge in [-0.2, -0.15) is 13.2 Å². The highest BCUT2D eigenvalue weighted by molar-refractivity contribution is 5.57. The average molecular weight is 219 g/mol. The van der Waals surface area contributed by atoms with Crippen LogP contribution < -0.4 is 5.73 Å². The van der Waals surface area contributed by atoms with Crippen molar-refractivity contribution in [2.24, 2.45) is 0 Å². The molecule has 0 fully saturated rings. The molecule has 2 nitrogen and oxygen atoms in total. The molecular weight excluding hydrogens is 207 g/mol. The molecule has 0 atom stereocenters. The molecule has 0 aromatic heterocycles. The minimum atomic E-state index is -4.47. The van der Waals surface area contributed by atoms with Gasteiger partial charge in [0.1, 0.15) is 5.75 Å². The van der Waals surface area contributed by atoms with E-state index in [0.717, 1.165) is 0 Å². The number of nitrogen functional groups attached to an aromatic ring is 1. The minimum absolute atomic E-state index is 0.0355. The molecule has 0 aliphatic heterocycles. The molecule has 0 saturated carbocycles. The van der Waals surface area contributed by atoms with E-state index in [0.29, 0.717) is 6.07 Å². The largest absolute Gasteiger partial charge is 0.506 e. The molecule has 0 bridgehead atoms. The number of phenolic OH excluding ortho intramolecular Hbond substituents is 1. The van der Waals surface area contributed by atoms with Crippen molar-refractivity contribution in [2.45, 2.75) is 25.9 Å². The Kier molecular flexibility index (Phi) is 2.83. The van der Waals surface area contributed by atoms with Crippen molar-refractivity contribution in [3.8, 4) is 5.75 Å². The summed E-state index contributed by atoms with van der Waals surface area (Å²) in [5, 5.41) is 9.14. The fourth-order valence-corrected chi connectivity index (χ4v) is 1.35. The Balaban J connectivity index is 3.42. The monoisotopic (exact) mass is 219 g/mol. The Morgan fingerprint density at radius 2 is 1.80 bits per heavy atom. The minimum Gasteiger partial charge on any atom is -0.506 e. The van der Waals surface area contributed by atoms with E-state index < -0.39 is 17.5 Å². The third-order valence-electron chi connectivity index (χ3n) is 2.13. The van der Waals surface area contributed by atoms with E-state index >= 15 is 0 Å². The lowest BCUT2D eigenvalue weighted by Gasteiger charge is -2.16. The zero-order valence-corrected chi connectivity index (χ0v) is 8.39. The van der Waals surface area contributed by atoms with Crippen LogP contribution in [0.15, 0.2) is 12.1 Å². The SMILES string of the molecule is CC(C)c1cc(N)c(O)cc1C(F)(F)F. The first-order valence-corrected chi connectivity index (χ1v) is 4.43. The topological polar surface area (TPSA) is 46.2 Å². The van der Waals surface area contributed by atoms with Crippen molar-refractivity contribution in [3.63, 3.8) is 0 Å². The molecule has 0 unspecified atom stereocenters. The van der Waals surface area contributed by atoms with Crippen molar-refractivity contribution >= 4 is 5.69 Å². The molecule has 0 aliphatic carbocycles. The lowest BCUT2D eigenvalue weighted by atomic mass is 9.96. The number of nitrogens with two attached hydrogens (primary N) is 1. The Labute approximate surface area is 85.5 Å². The normalized spacial score (nSPS) is 12.1. The summed E-state index contributed by atoms with van der Waals surface area (Å²) in [7, 11) is 0. The van der Waals surface area contributed by atoms with Crippen molar-refractivity contribution < 1.29 is 18.3 Å². The summed E-state index contributed by atoms with van der Waals surface area (Å²) in [5.74, 6) is -0.837. The van der Waals surface area contributed by atoms with Gasteiger partial charge in [0.25, 0.3) is 0 Å². The second-order valence-corrected chi connectivity index (χ2v) is 3.65. The Morgan fingerprint density at radius 3 is 2.20 bits per heavy atom. The van der Waals surface area contributed by atoms with Gasteiger partial charge in [0, 0.05) is 0 Å². The van der Waals surface area contributed by atoms with Crippen LogP contribution in [0.1, 0.15) is 30.9 Å². The van der Waals surface area contributed by atoms with Gasteiger partial charge in [-0.3, -0.25) is 0 Å². The van der Waals surface area contributed by atoms with Crippen LogP contribution in [-0.2, 0) is 6.18 Å². The van der Waals surface area contributed by atoms with Gasteiger partial charge >= 0.3 is 6.18 Å². The molecule has 1 aromatic rings. The average Bonchev–Trinajstić information content (AvgIpc) is 2.06. The molecule has 5 heteroatoms. The quantitative estimate of drug-likeness (QED) is 0.563. The molecule has 1 rings (SSSR count). The van der Waals surface area contributed by atoms with E-state index in [1.165, 1.54) is 6.07 Å². The highest BCUT2D eigenvalue weighted by atomic mass is 19.4. The van der Waals surface area contributed by atoms with Crippen molar-refractivity contribution in [2.75, 3.05) is 5.73 Å². The molecule has 84 valence electrons. The molecule has 3 N–H and O–H groups in total. The van der Waals surface area contributed by atoms with E-state index in [2.05, 4.69) is 0 Å². The maximum absolute atomic E-state index is 12.6. The summed E-state index contributed by atoms with van der Waals surface area (Å²) >= 11 is 0. The van der Waals surface area contributed by atoms with Crippen LogP contribution in [0.4, 0.5) is 18.9 Å². The van der Waals surface area contributed by atoms with Gasteiger partial charge in [0.2, 0.25) is 0 Å². The molecule has 1 aromatic carbocycles. The first-order valence-electron chi connectivity index (χ1n) is 4.43. The number of rotatable bonds is 1. The Morgan fingerprint density at radius 1 is 1.27 bits per heavy atom. The predicted molar refractivity (Wildman–Crippen MR) is 51.6 cm³/mol. The van der Waals surface area contributed by atoms with Crippen LogP contribution in [0, 0.1) is 0 Å². The summed E-state index contributed by atoms with van der Waals surface area (Å²) in [4.78, 5) is 0. The number of halogens is 3. The second kappa shape index (κ2) is 3.64. The van der Waals surface area contributed by atoms with E-state index in [1.54, 1.807) is 13.8 Å². The molecule has 15 heavy (non-hydrogen) atoms. The highest BCUT2D eigenvalue weighted by Crippen LogP contribution is 2.39. The highest BCUT2D eigenvalue weighted by Gasteiger charge is 2.34. The Hall–Kier alpha value is -1.39. The van der Waals surface area contributed by atoms with Crippen LogP contribution in [0.25, 0.3) is 0 Å². The van der Waals surface area contributed by atoms with Gasteiger partial charge in [0.05, 0.1) is 11.3 Å². The summed E-state index contributed by atoms with van der Waals surface area (Å²) < 4.78 is 37.7. The van der Waals surface area contributed by atoms with Gasteiger partial charge in [0.15, 0.2) is 0 Å². The number of alkyl halides is 3. The fourth-order valence-electron chi connectivity index (χ4n) is 1.35. The van der Waals surface area contributed by atoms with Crippen molar-refractivity contribution in [3.05, 3.63) is 23.3 Å². The Bertz CT molecular complexity index is 372. The third kappa shape index (κ3) is 2.34. The number of aromatic hydroxyl groups is 1. The fraction of sp³-hybridized carbons (Fsp3) is 0.400. The predicted octanol–water partition coefficient (Wildman–Crippen LogP) is 3.12. The molecule has 0 saturated heterocycles. The smallest absolute Gasteiger partial charge is 0.416 e. The molecular formula is C10H12F3NO. The number of benzene rings is 1. The van der Waals surface area contributed by atoms with Crippen LogP contribution in [0.5, 0.6) is 5.75 Å². The van der Waals surface area contributed by atoms with E-state index in [1.807, 2.05) is 0 Å². The van der Waals surface area contributed by atoms with E-state index in [4.69, 9.17) is 10.8 Å². The summed E-state index contributed by atoms with van der Waals surface area (Å²) in [6, 6.07) is 1.84. The van der Waals surface area contributed by atoms with Crippen LogP contribution >= 0.6 is 0 Å². The first-order chi connectivity index (χ1) is 6.73. The summed E-state index contributed by atoms with van der Waals surface area (Å²) in [5.41, 5.74) is 4.58. The number of hydrogen-bond acceptors (Lipinski definition) is 2. The van der Waals surface area contributed by atoms with E-state index in [-0.39, 0.29) is 17.2 Å². The maximum Gasteiger partial charge on any atom is 0.416 e. The van der Waals surface area contributed by atoms with Crippen molar-refractivity contribution in [1.82, 2.24) is 0 Å². The van der Waals surface area contributed by atoms with Gasteiger partial charge < -0.3 is 10.8 Å². The van der Waals surface area contributed by atoms with Gasteiger partial charge in [-0.25, -0.2) is 0 Å². The standard InChI is InChI=1S/C10H12F3NO/c1-5(2)6-3-8(14)9(15)4-7(6)10(11,12)13/h3-5,15H,14H2,1-2H3. The molecule has 0 amide bonds. The maximum atomic E-state index is 12.6. The first kappa shape index (κ1) is 11.7. The lowest BCUT2D eigenvalue weighted by Crippen LogP contribution is -2.10. The lowest BCUT2D eigenvalue weighted by molar-refractivity contribution is -0.138. The molecule has 0 radical (unpaired) electrons. The van der Waals surface area contributed by atoms with Gasteiger partial charge in [-0.15, -0.1) is 0 Å². The zero-order valence-electron chi connectivity index (χ0n) is 8.39. The van der Waals surface area contributed by atoms with Crippen LogP contribution in [0.3, 0.4) is 0 Å². The number of anilines is 1. The molecule has 0 spiro atoms. The van der Waals surface area contributed by atoms with Gasteiger partial charge in [-0.05, 0) is 23.6 Å². The summed E-state index contributed by atoms with van der Waals surface area (Å²) in [6.45, 7) is 3.28. The third-order valence-corrected chi connectivity index (χ3v) is 2.13. The summed E-state index contributed by atoms with van der Waals surface area (Å²) in [6.07, 6.45) is -4.47. The number of phenols is 1. The molecule has 0 aliphatic rings. The van der Waals surface area contributed by atoms with Crippen LogP contribution in [-0.4, -0.2) is 5.11 Å².